The summed E-state index contributed by atoms with van der Waals surface area (Å²) >= 11 is 0. The van der Waals surface area contributed by atoms with Crippen molar-refractivity contribution in [3.63, 3.8) is 0 Å². The summed E-state index contributed by atoms with van der Waals surface area (Å²) in [5.74, 6) is 0.0653. The standard InChI is InChI=1S/C27H23NO5/c1-3-31-24-16-20(11-14-23(24)32-26(29)21-12-9-18(2)10-13-21)15-22-27(30)33-25(28-22)17-19-7-5-4-6-8-19/h4-16H,3,17H2,1-2H3/b22-15+. The Morgan fingerprint density at radius 2 is 1.76 bits per heavy atom. The van der Waals surface area contributed by atoms with Gasteiger partial charge in [-0.15, -0.1) is 0 Å². The molecule has 0 bridgehead atoms. The van der Waals surface area contributed by atoms with Crippen LogP contribution in [0.4, 0.5) is 0 Å². The zero-order valence-corrected chi connectivity index (χ0v) is 18.4. The van der Waals surface area contributed by atoms with E-state index in [1.807, 2.05) is 56.3 Å². The number of carbonyl (C=O) groups excluding carboxylic acids is 2. The Labute approximate surface area is 192 Å². The van der Waals surface area contributed by atoms with Gasteiger partial charge >= 0.3 is 11.9 Å². The van der Waals surface area contributed by atoms with Gasteiger partial charge in [-0.05, 0) is 55.3 Å². The summed E-state index contributed by atoms with van der Waals surface area (Å²) in [6, 6.07) is 21.9. The number of carbonyl (C=O) groups is 2. The monoisotopic (exact) mass is 441 g/mol. The molecule has 0 aliphatic carbocycles. The number of esters is 2. The van der Waals surface area contributed by atoms with Crippen molar-refractivity contribution in [3.05, 3.63) is 101 Å². The number of ether oxygens (including phenoxy) is 3. The Morgan fingerprint density at radius 1 is 1.00 bits per heavy atom. The van der Waals surface area contributed by atoms with E-state index in [0.717, 1.165) is 11.1 Å². The molecule has 166 valence electrons. The quantitative estimate of drug-likeness (QED) is 0.288. The largest absolute Gasteiger partial charge is 0.490 e. The molecule has 0 spiro atoms. The molecule has 6 nitrogen and oxygen atoms in total. The van der Waals surface area contributed by atoms with E-state index >= 15 is 0 Å². The van der Waals surface area contributed by atoms with Crippen molar-refractivity contribution in [2.45, 2.75) is 20.3 Å². The minimum Gasteiger partial charge on any atom is -0.490 e. The van der Waals surface area contributed by atoms with Crippen LogP contribution in [0, 0.1) is 6.92 Å². The maximum absolute atomic E-state index is 12.5. The van der Waals surface area contributed by atoms with Crippen molar-refractivity contribution in [1.29, 1.82) is 0 Å². The fraction of sp³-hybridized carbons (Fsp3) is 0.148. The normalized spacial score (nSPS) is 14.1. The number of aliphatic imine (C=N–C) groups is 1. The molecule has 1 heterocycles. The molecule has 0 amide bonds. The van der Waals surface area contributed by atoms with Crippen LogP contribution in [0.15, 0.2) is 83.5 Å². The SMILES string of the molecule is CCOc1cc(/C=C2/N=C(Cc3ccccc3)OC2=O)ccc1OC(=O)c1ccc(C)cc1. The van der Waals surface area contributed by atoms with Gasteiger partial charge in [0.1, 0.15) is 0 Å². The summed E-state index contributed by atoms with van der Waals surface area (Å²) in [5.41, 5.74) is 3.38. The third-order valence-electron chi connectivity index (χ3n) is 4.92. The van der Waals surface area contributed by atoms with Crippen LogP contribution in [0.5, 0.6) is 11.5 Å². The van der Waals surface area contributed by atoms with Gasteiger partial charge in [0.2, 0.25) is 5.90 Å². The summed E-state index contributed by atoms with van der Waals surface area (Å²) in [5, 5.41) is 0. The van der Waals surface area contributed by atoms with Crippen LogP contribution in [0.3, 0.4) is 0 Å². The van der Waals surface area contributed by atoms with Crippen molar-refractivity contribution in [1.82, 2.24) is 0 Å². The van der Waals surface area contributed by atoms with Gasteiger partial charge in [0.15, 0.2) is 17.2 Å². The summed E-state index contributed by atoms with van der Waals surface area (Å²) in [7, 11) is 0. The first-order valence-corrected chi connectivity index (χ1v) is 10.6. The smallest absolute Gasteiger partial charge is 0.363 e. The molecule has 0 radical (unpaired) electrons. The summed E-state index contributed by atoms with van der Waals surface area (Å²) < 4.78 is 16.5. The number of aryl methyl sites for hydroxylation is 1. The average Bonchev–Trinajstić information content (AvgIpc) is 3.15. The second-order valence-electron chi connectivity index (χ2n) is 7.48. The fourth-order valence-corrected chi connectivity index (χ4v) is 3.27. The fourth-order valence-electron chi connectivity index (χ4n) is 3.27. The molecule has 3 aromatic rings. The first kappa shape index (κ1) is 22.0. The molecule has 0 unspecified atom stereocenters. The molecule has 0 atom stereocenters. The molecule has 3 aromatic carbocycles. The Kier molecular flexibility index (Phi) is 6.64. The highest BCUT2D eigenvalue weighted by Gasteiger charge is 2.23. The van der Waals surface area contributed by atoms with Crippen LogP contribution in [0.1, 0.15) is 34.0 Å². The first-order valence-electron chi connectivity index (χ1n) is 10.6. The maximum Gasteiger partial charge on any atom is 0.363 e. The van der Waals surface area contributed by atoms with Gasteiger partial charge in [-0.25, -0.2) is 14.6 Å². The van der Waals surface area contributed by atoms with Gasteiger partial charge in [0.05, 0.1) is 12.2 Å². The maximum atomic E-state index is 12.5. The van der Waals surface area contributed by atoms with Crippen molar-refractivity contribution in [2.75, 3.05) is 6.61 Å². The van der Waals surface area contributed by atoms with Crippen LogP contribution in [0.25, 0.3) is 6.08 Å². The number of cyclic esters (lactones) is 1. The van der Waals surface area contributed by atoms with Gasteiger partial charge in [-0.3, -0.25) is 0 Å². The Morgan fingerprint density at radius 3 is 2.48 bits per heavy atom. The number of hydrogen-bond acceptors (Lipinski definition) is 6. The number of hydrogen-bond donors (Lipinski definition) is 0. The van der Waals surface area contributed by atoms with Crippen LogP contribution in [-0.2, 0) is 16.0 Å². The highest BCUT2D eigenvalue weighted by Crippen LogP contribution is 2.31. The molecule has 0 aromatic heterocycles. The van der Waals surface area contributed by atoms with Crippen LogP contribution in [-0.4, -0.2) is 24.4 Å². The van der Waals surface area contributed by atoms with Crippen molar-refractivity contribution in [3.8, 4) is 11.5 Å². The third kappa shape index (κ3) is 5.54. The van der Waals surface area contributed by atoms with Crippen molar-refractivity contribution < 1.29 is 23.8 Å². The van der Waals surface area contributed by atoms with E-state index < -0.39 is 11.9 Å². The molecule has 4 rings (SSSR count). The van der Waals surface area contributed by atoms with Gasteiger partial charge < -0.3 is 14.2 Å². The minimum absolute atomic E-state index is 0.202. The van der Waals surface area contributed by atoms with Crippen LogP contribution >= 0.6 is 0 Å². The second-order valence-corrected chi connectivity index (χ2v) is 7.48. The summed E-state index contributed by atoms with van der Waals surface area (Å²) in [4.78, 5) is 29.1. The topological polar surface area (TPSA) is 74.2 Å². The molecule has 1 aliphatic heterocycles. The van der Waals surface area contributed by atoms with E-state index in [2.05, 4.69) is 4.99 Å². The number of benzene rings is 3. The van der Waals surface area contributed by atoms with E-state index in [0.29, 0.717) is 41.6 Å². The highest BCUT2D eigenvalue weighted by molar-refractivity contribution is 6.07. The molecule has 1 aliphatic rings. The van der Waals surface area contributed by atoms with Gasteiger partial charge in [-0.1, -0.05) is 54.1 Å². The lowest BCUT2D eigenvalue weighted by molar-refractivity contribution is -0.130. The lowest BCUT2D eigenvalue weighted by atomic mass is 10.1. The van der Waals surface area contributed by atoms with Gasteiger partial charge in [-0.2, -0.15) is 0 Å². The number of rotatable bonds is 7. The predicted molar refractivity (Wildman–Crippen MR) is 125 cm³/mol. The molecule has 0 N–H and O–H groups in total. The van der Waals surface area contributed by atoms with E-state index in [9.17, 15) is 9.59 Å². The molecule has 0 fully saturated rings. The summed E-state index contributed by atoms with van der Waals surface area (Å²) in [6.07, 6.45) is 2.05. The Balaban J connectivity index is 1.54. The minimum atomic E-state index is -0.506. The average molecular weight is 441 g/mol. The van der Waals surface area contributed by atoms with Crippen LogP contribution < -0.4 is 9.47 Å². The molecule has 33 heavy (non-hydrogen) atoms. The van der Waals surface area contributed by atoms with E-state index in [4.69, 9.17) is 14.2 Å². The van der Waals surface area contributed by atoms with Crippen molar-refractivity contribution >= 4 is 23.9 Å². The van der Waals surface area contributed by atoms with Gasteiger partial charge in [0, 0.05) is 6.42 Å². The van der Waals surface area contributed by atoms with Crippen molar-refractivity contribution in [2.24, 2.45) is 4.99 Å². The molecular weight excluding hydrogens is 418 g/mol. The van der Waals surface area contributed by atoms with E-state index in [-0.39, 0.29) is 5.70 Å². The van der Waals surface area contributed by atoms with E-state index in [1.54, 1.807) is 36.4 Å². The zero-order valence-electron chi connectivity index (χ0n) is 18.4. The Bertz CT molecular complexity index is 1230. The van der Waals surface area contributed by atoms with Gasteiger partial charge in [0.25, 0.3) is 0 Å². The van der Waals surface area contributed by atoms with Crippen LogP contribution in [0.2, 0.25) is 0 Å². The molecule has 6 heteroatoms. The first-order chi connectivity index (χ1) is 16.0. The van der Waals surface area contributed by atoms with E-state index in [1.165, 1.54) is 0 Å². The number of nitrogens with zero attached hydrogens (tertiary/aromatic N) is 1. The molecular formula is C27H23NO5. The predicted octanol–water partition coefficient (Wildman–Crippen LogP) is 5.15. The third-order valence-corrected chi connectivity index (χ3v) is 4.92. The summed E-state index contributed by atoms with van der Waals surface area (Å²) in [6.45, 7) is 4.17. The molecule has 0 saturated carbocycles. The highest BCUT2D eigenvalue weighted by atomic mass is 16.6. The Hall–Kier alpha value is -4.19. The zero-order chi connectivity index (χ0) is 23.2. The lowest BCUT2D eigenvalue weighted by Gasteiger charge is -2.11. The second kappa shape index (κ2) is 9.96. The molecule has 0 saturated heterocycles. The lowest BCUT2D eigenvalue weighted by Crippen LogP contribution is -2.09.